The number of thioether (sulfide) groups is 10. The lowest BCUT2D eigenvalue weighted by Gasteiger charge is -2.08. The standard InChI is InChI=1S/C34H54O8S10/c1-27(37)43-21-7-3-5-9-23-45-29-30(46-24-10-6-4-8-22-44-28(2)38)50-33(49-29)34-51-31(47-25-19-41-17-15-39-13-11-35)32(52-34)48-26-20-42-18-16-40-14-12-36/h3-26H2,1-2H3/q-2. The summed E-state index contributed by atoms with van der Waals surface area (Å²) in [5, 5.41) is 21.5. The van der Waals surface area contributed by atoms with Crippen LogP contribution in [0, 0.1) is 0 Å². The Morgan fingerprint density at radius 1 is 0.442 bits per heavy atom. The lowest BCUT2D eigenvalue weighted by Crippen LogP contribution is -2.15. The molecule has 18 heteroatoms. The van der Waals surface area contributed by atoms with Crippen molar-refractivity contribution in [1.29, 1.82) is 0 Å². The molecule has 300 valence electrons. The summed E-state index contributed by atoms with van der Waals surface area (Å²) < 4.78 is 30.2. The molecule has 0 amide bonds. The van der Waals surface area contributed by atoms with E-state index in [0.717, 1.165) is 47.4 Å². The van der Waals surface area contributed by atoms with E-state index in [-0.39, 0.29) is 36.7 Å². The molecule has 0 fully saturated rings. The molecule has 0 unspecified atom stereocenters. The van der Waals surface area contributed by atoms with Gasteiger partial charge in [0.2, 0.25) is 0 Å². The minimum Gasteiger partial charge on any atom is -0.853 e. The van der Waals surface area contributed by atoms with Gasteiger partial charge in [-0.25, -0.2) is 0 Å². The molecule has 2 aliphatic rings. The predicted octanol–water partition coefficient (Wildman–Crippen LogP) is 8.73. The first-order chi connectivity index (χ1) is 25.4. The summed E-state index contributed by atoms with van der Waals surface area (Å²) in [5.74, 6) is 5.74. The third kappa shape index (κ3) is 25.9. The van der Waals surface area contributed by atoms with Crippen molar-refractivity contribution in [2.45, 2.75) is 65.2 Å². The topological polar surface area (TPSA) is 117 Å². The third-order valence-corrected chi connectivity index (χ3v) is 20.0. The van der Waals surface area contributed by atoms with Crippen molar-refractivity contribution in [3.05, 3.63) is 25.4 Å². The molecule has 2 heterocycles. The van der Waals surface area contributed by atoms with E-state index in [9.17, 15) is 19.8 Å². The average Bonchev–Trinajstić information content (AvgIpc) is 3.72. The van der Waals surface area contributed by atoms with Gasteiger partial charge >= 0.3 is 0 Å². The zero-order valence-electron chi connectivity index (χ0n) is 30.3. The molecule has 52 heavy (non-hydrogen) atoms. The summed E-state index contributed by atoms with van der Waals surface area (Å²) in [6.45, 7) is 6.40. The summed E-state index contributed by atoms with van der Waals surface area (Å²) in [6, 6.07) is 0. The van der Waals surface area contributed by atoms with Crippen LogP contribution in [0.15, 0.2) is 25.4 Å². The molecule has 0 aromatic rings. The van der Waals surface area contributed by atoms with Gasteiger partial charge in [-0.15, -0.1) is 60.3 Å². The molecule has 0 aromatic carbocycles. The smallest absolute Gasteiger partial charge is 0.185 e. The van der Waals surface area contributed by atoms with Crippen molar-refractivity contribution in [3.8, 4) is 0 Å². The van der Waals surface area contributed by atoms with Crippen molar-refractivity contribution in [2.24, 2.45) is 0 Å². The highest BCUT2D eigenvalue weighted by Gasteiger charge is 2.31. The SMILES string of the molecule is CC(=O)SCCCCCCSC1=C(SCCCCCCSC(C)=O)SC(=C2SC(SCCOCCOCC[O-])=C(SCCOCCOCC[O-])S2)S1. The van der Waals surface area contributed by atoms with Gasteiger partial charge in [-0.2, -0.15) is 0 Å². The molecule has 8 nitrogen and oxygen atoms in total. The normalized spacial score (nSPS) is 14.8. The number of carbonyl (C=O) groups is 2. The molecule has 0 radical (unpaired) electrons. The van der Waals surface area contributed by atoms with Crippen LogP contribution in [0.25, 0.3) is 0 Å². The fraction of sp³-hybridized carbons (Fsp3) is 0.765. The molecule has 0 spiro atoms. The quantitative estimate of drug-likeness (QED) is 0.0573. The van der Waals surface area contributed by atoms with Crippen LogP contribution >= 0.6 is 118 Å². The van der Waals surface area contributed by atoms with Crippen molar-refractivity contribution in [2.75, 3.05) is 101 Å². The molecular formula is C34H54O8S10-2. The van der Waals surface area contributed by atoms with Crippen LogP contribution in [-0.2, 0) is 28.5 Å². The monoisotopic (exact) mass is 910 g/mol. The highest BCUT2D eigenvalue weighted by Crippen LogP contribution is 2.66. The van der Waals surface area contributed by atoms with Crippen LogP contribution < -0.4 is 10.2 Å². The Hall–Kier alpha value is 1.82. The highest BCUT2D eigenvalue weighted by atomic mass is 32.3. The van der Waals surface area contributed by atoms with E-state index >= 15 is 0 Å². The van der Waals surface area contributed by atoms with E-state index in [4.69, 9.17) is 18.9 Å². The molecule has 0 saturated heterocycles. The van der Waals surface area contributed by atoms with Crippen LogP contribution in [0.2, 0.25) is 0 Å². The van der Waals surface area contributed by atoms with Gasteiger partial charge in [-0.1, -0.05) is 96.3 Å². The predicted molar refractivity (Wildman–Crippen MR) is 237 cm³/mol. The maximum Gasteiger partial charge on any atom is 0.185 e. The van der Waals surface area contributed by atoms with Gasteiger partial charge in [-0.3, -0.25) is 9.59 Å². The zero-order chi connectivity index (χ0) is 37.5. The van der Waals surface area contributed by atoms with E-state index < -0.39 is 0 Å². The van der Waals surface area contributed by atoms with Crippen LogP contribution in [-0.4, -0.2) is 111 Å². The Morgan fingerprint density at radius 3 is 1.08 bits per heavy atom. The van der Waals surface area contributed by atoms with Gasteiger partial charge in [0.15, 0.2) is 10.2 Å². The van der Waals surface area contributed by atoms with Crippen LogP contribution in [0.4, 0.5) is 0 Å². The van der Waals surface area contributed by atoms with Gasteiger partial charge in [0.1, 0.15) is 0 Å². The van der Waals surface area contributed by atoms with E-state index in [1.54, 1.807) is 13.8 Å². The minimum atomic E-state index is -0.226. The highest BCUT2D eigenvalue weighted by molar-refractivity contribution is 8.45. The Kier molecular flexibility index (Phi) is 33.5. The summed E-state index contributed by atoms with van der Waals surface area (Å²) in [7, 11) is 0. The third-order valence-electron chi connectivity index (χ3n) is 6.52. The van der Waals surface area contributed by atoms with E-state index in [1.165, 1.54) is 87.5 Å². The largest absolute Gasteiger partial charge is 0.853 e. The molecule has 2 rings (SSSR count). The van der Waals surface area contributed by atoms with Crippen molar-refractivity contribution in [1.82, 2.24) is 0 Å². The average molecular weight is 911 g/mol. The summed E-state index contributed by atoms with van der Waals surface area (Å²) in [5.41, 5.74) is 0. The maximum absolute atomic E-state index is 11.2. The van der Waals surface area contributed by atoms with Gasteiger partial charge < -0.3 is 29.2 Å². The van der Waals surface area contributed by atoms with E-state index in [1.807, 2.05) is 94.1 Å². The first-order valence-electron chi connectivity index (χ1n) is 17.6. The Balaban J connectivity index is 1.95. The summed E-state index contributed by atoms with van der Waals surface area (Å²) in [6.07, 6.45) is 9.28. The first-order valence-corrected chi connectivity index (χ1v) is 26.8. The van der Waals surface area contributed by atoms with Gasteiger partial charge in [0.05, 0.1) is 65.1 Å². The molecule has 0 aromatic heterocycles. The van der Waals surface area contributed by atoms with Crippen molar-refractivity contribution >= 4 is 128 Å². The second-order valence-electron chi connectivity index (χ2n) is 10.9. The Bertz CT molecular complexity index is 1010. The molecular weight excluding hydrogens is 857 g/mol. The minimum absolute atomic E-state index is 0.207. The molecule has 0 saturated carbocycles. The molecule has 2 aliphatic heterocycles. The maximum atomic E-state index is 11.2. The number of hydrogen-bond acceptors (Lipinski definition) is 18. The van der Waals surface area contributed by atoms with Crippen LogP contribution in [0.1, 0.15) is 65.2 Å². The molecule has 0 aliphatic carbocycles. The van der Waals surface area contributed by atoms with Gasteiger partial charge in [-0.05, 0) is 37.2 Å². The second kappa shape index (κ2) is 34.8. The molecule has 0 atom stereocenters. The number of unbranched alkanes of at least 4 members (excludes halogenated alkanes) is 6. The lowest BCUT2D eigenvalue weighted by molar-refractivity contribution is -0.374. The van der Waals surface area contributed by atoms with Crippen LogP contribution in [0.3, 0.4) is 0 Å². The Morgan fingerprint density at radius 2 is 0.750 bits per heavy atom. The van der Waals surface area contributed by atoms with Gasteiger partial charge in [0, 0.05) is 50.1 Å². The number of rotatable bonds is 34. The van der Waals surface area contributed by atoms with Crippen LogP contribution in [0.5, 0.6) is 0 Å². The second-order valence-corrected chi connectivity index (χ2v) is 23.5. The molecule has 0 N–H and O–H groups in total. The number of ether oxygens (including phenoxy) is 4. The van der Waals surface area contributed by atoms with E-state index in [2.05, 4.69) is 0 Å². The molecule has 0 bridgehead atoms. The fourth-order valence-electron chi connectivity index (χ4n) is 4.09. The first kappa shape index (κ1) is 50.0. The van der Waals surface area contributed by atoms with Gasteiger partial charge in [0.25, 0.3) is 0 Å². The fourth-order valence-corrected chi connectivity index (χ4v) is 17.3. The summed E-state index contributed by atoms with van der Waals surface area (Å²) >= 11 is 18.1. The van der Waals surface area contributed by atoms with Crippen molar-refractivity contribution < 1.29 is 38.7 Å². The lowest BCUT2D eigenvalue weighted by atomic mass is 10.2. The number of carbonyl (C=O) groups excluding carboxylic acids is 2. The number of hydrogen-bond donors (Lipinski definition) is 0. The summed E-state index contributed by atoms with van der Waals surface area (Å²) in [4.78, 5) is 22.4. The zero-order valence-corrected chi connectivity index (χ0v) is 38.5. The Labute approximate surface area is 354 Å². The van der Waals surface area contributed by atoms with Crippen molar-refractivity contribution in [3.63, 3.8) is 0 Å². The van der Waals surface area contributed by atoms with E-state index in [0.29, 0.717) is 39.6 Å².